The average Bonchev–Trinajstić information content (AvgIpc) is 2.82. The van der Waals surface area contributed by atoms with Gasteiger partial charge in [0.1, 0.15) is 5.25 Å². The SMILES string of the molecule is C=CCN1C(=O)C(CC(=O)O)S/C1=N\NC(=O)c1ccccc1. The number of hydrazone groups is 1. The third kappa shape index (κ3) is 4.19. The Balaban J connectivity index is 2.12. The number of nitrogens with one attached hydrogen (secondary N) is 1. The molecule has 1 aromatic carbocycles. The van der Waals surface area contributed by atoms with E-state index in [2.05, 4.69) is 17.1 Å². The summed E-state index contributed by atoms with van der Waals surface area (Å²) in [5.41, 5.74) is 2.81. The van der Waals surface area contributed by atoms with Crippen molar-refractivity contribution in [3.8, 4) is 0 Å². The Hall–Kier alpha value is -2.61. The molecule has 0 saturated carbocycles. The fourth-order valence-corrected chi connectivity index (χ4v) is 3.03. The first kappa shape index (κ1) is 16.8. The third-order valence-corrected chi connectivity index (χ3v) is 4.16. The lowest BCUT2D eigenvalue weighted by atomic mass is 10.2. The number of benzene rings is 1. The van der Waals surface area contributed by atoms with Crippen LogP contribution in [0.5, 0.6) is 0 Å². The highest BCUT2D eigenvalue weighted by Gasteiger charge is 2.38. The minimum Gasteiger partial charge on any atom is -0.481 e. The smallest absolute Gasteiger partial charge is 0.305 e. The first-order valence-electron chi connectivity index (χ1n) is 6.76. The normalized spacial score (nSPS) is 19.0. The molecule has 0 aliphatic carbocycles. The molecule has 0 spiro atoms. The zero-order valence-corrected chi connectivity index (χ0v) is 13.0. The molecular formula is C15H15N3O4S. The third-order valence-electron chi connectivity index (χ3n) is 2.98. The van der Waals surface area contributed by atoms with Crippen LogP contribution < -0.4 is 5.43 Å². The van der Waals surface area contributed by atoms with E-state index in [9.17, 15) is 14.4 Å². The van der Waals surface area contributed by atoms with Crippen molar-refractivity contribution in [1.29, 1.82) is 0 Å². The van der Waals surface area contributed by atoms with Gasteiger partial charge in [0.05, 0.1) is 6.42 Å². The van der Waals surface area contributed by atoms with Crippen LogP contribution in [0, 0.1) is 0 Å². The van der Waals surface area contributed by atoms with Crippen LogP contribution in [0.25, 0.3) is 0 Å². The highest BCUT2D eigenvalue weighted by molar-refractivity contribution is 8.15. The van der Waals surface area contributed by atoms with E-state index in [0.717, 1.165) is 11.8 Å². The molecule has 23 heavy (non-hydrogen) atoms. The Labute approximate surface area is 137 Å². The Bertz CT molecular complexity index is 660. The number of carboxylic acid groups (broad SMARTS) is 1. The number of rotatable bonds is 6. The molecule has 1 saturated heterocycles. The summed E-state index contributed by atoms with van der Waals surface area (Å²) in [5, 5.41) is 12.3. The summed E-state index contributed by atoms with van der Waals surface area (Å²) in [6, 6.07) is 8.51. The number of amides is 2. The second-order valence-corrected chi connectivity index (χ2v) is 5.81. The molecular weight excluding hydrogens is 318 g/mol. The Morgan fingerprint density at radius 3 is 2.70 bits per heavy atom. The minimum absolute atomic E-state index is 0.196. The summed E-state index contributed by atoms with van der Waals surface area (Å²) in [4.78, 5) is 36.2. The minimum atomic E-state index is -1.07. The number of amidine groups is 1. The maximum atomic E-state index is 12.2. The number of nitrogens with zero attached hydrogens (tertiary/aromatic N) is 2. The van der Waals surface area contributed by atoms with E-state index in [-0.39, 0.29) is 24.0 Å². The first-order valence-corrected chi connectivity index (χ1v) is 7.64. The average molecular weight is 333 g/mol. The van der Waals surface area contributed by atoms with E-state index < -0.39 is 17.1 Å². The van der Waals surface area contributed by atoms with Gasteiger partial charge in [-0.1, -0.05) is 36.0 Å². The summed E-state index contributed by atoms with van der Waals surface area (Å²) in [5.74, 6) is -1.83. The van der Waals surface area contributed by atoms with E-state index in [1.165, 1.54) is 11.0 Å². The molecule has 7 nitrogen and oxygen atoms in total. The topological polar surface area (TPSA) is 99.1 Å². The zero-order valence-electron chi connectivity index (χ0n) is 12.1. The van der Waals surface area contributed by atoms with Crippen LogP contribution in [0.2, 0.25) is 0 Å². The van der Waals surface area contributed by atoms with E-state index in [1.807, 2.05) is 0 Å². The van der Waals surface area contributed by atoms with Crippen LogP contribution in [-0.2, 0) is 9.59 Å². The molecule has 2 amide bonds. The van der Waals surface area contributed by atoms with Crippen LogP contribution >= 0.6 is 11.8 Å². The van der Waals surface area contributed by atoms with Crippen LogP contribution in [0.15, 0.2) is 48.1 Å². The van der Waals surface area contributed by atoms with E-state index in [4.69, 9.17) is 5.11 Å². The van der Waals surface area contributed by atoms with E-state index in [1.54, 1.807) is 30.3 Å². The van der Waals surface area contributed by atoms with Gasteiger partial charge in [0.25, 0.3) is 5.91 Å². The number of carboxylic acids is 1. The molecule has 1 unspecified atom stereocenters. The molecule has 1 heterocycles. The molecule has 2 rings (SSSR count). The van der Waals surface area contributed by atoms with Crippen molar-refractivity contribution in [3.05, 3.63) is 48.6 Å². The molecule has 1 aliphatic rings. The van der Waals surface area contributed by atoms with E-state index in [0.29, 0.717) is 5.56 Å². The van der Waals surface area contributed by atoms with Crippen molar-refractivity contribution < 1.29 is 19.5 Å². The Kier molecular flexibility index (Phi) is 5.53. The molecule has 1 fully saturated rings. The second-order valence-electron chi connectivity index (χ2n) is 4.64. The summed E-state index contributed by atoms with van der Waals surface area (Å²) in [6.45, 7) is 3.76. The quantitative estimate of drug-likeness (QED) is 0.604. The molecule has 1 atom stereocenters. The maximum absolute atomic E-state index is 12.2. The zero-order chi connectivity index (χ0) is 16.8. The summed E-state index contributed by atoms with van der Waals surface area (Å²) < 4.78 is 0. The molecule has 0 radical (unpaired) electrons. The van der Waals surface area contributed by atoms with Crippen LogP contribution in [-0.4, -0.2) is 44.8 Å². The van der Waals surface area contributed by atoms with Crippen molar-refractivity contribution in [3.63, 3.8) is 0 Å². The van der Waals surface area contributed by atoms with Crippen molar-refractivity contribution >= 4 is 34.7 Å². The van der Waals surface area contributed by atoms with Gasteiger partial charge in [-0.2, -0.15) is 0 Å². The molecule has 120 valence electrons. The van der Waals surface area contributed by atoms with Gasteiger partial charge in [-0.3, -0.25) is 19.3 Å². The molecule has 0 aromatic heterocycles. The van der Waals surface area contributed by atoms with Crippen LogP contribution in [0.1, 0.15) is 16.8 Å². The lowest BCUT2D eigenvalue weighted by Gasteiger charge is -2.13. The van der Waals surface area contributed by atoms with Gasteiger partial charge in [0.15, 0.2) is 5.17 Å². The number of hydrogen-bond donors (Lipinski definition) is 2. The first-order chi connectivity index (χ1) is 11.0. The van der Waals surface area contributed by atoms with Gasteiger partial charge >= 0.3 is 5.97 Å². The van der Waals surface area contributed by atoms with Crippen molar-refractivity contribution in [2.24, 2.45) is 5.10 Å². The molecule has 2 N–H and O–H groups in total. The van der Waals surface area contributed by atoms with Crippen molar-refractivity contribution in [2.45, 2.75) is 11.7 Å². The number of aliphatic carboxylic acids is 1. The largest absolute Gasteiger partial charge is 0.481 e. The van der Waals surface area contributed by atoms with Crippen LogP contribution in [0.4, 0.5) is 0 Å². The highest BCUT2D eigenvalue weighted by Crippen LogP contribution is 2.29. The molecule has 8 heteroatoms. The van der Waals surface area contributed by atoms with Gasteiger partial charge in [0.2, 0.25) is 5.91 Å². The molecule has 0 bridgehead atoms. The van der Waals surface area contributed by atoms with Crippen LogP contribution in [0.3, 0.4) is 0 Å². The summed E-state index contributed by atoms with van der Waals surface area (Å²) in [6.07, 6.45) is 1.21. The van der Waals surface area contributed by atoms with Gasteiger partial charge in [0, 0.05) is 12.1 Å². The van der Waals surface area contributed by atoms with Gasteiger partial charge in [-0.05, 0) is 12.1 Å². The summed E-state index contributed by atoms with van der Waals surface area (Å²) in [7, 11) is 0. The number of carbonyl (C=O) groups is 3. The van der Waals surface area contributed by atoms with Gasteiger partial charge in [-0.25, -0.2) is 5.43 Å². The fraction of sp³-hybridized carbons (Fsp3) is 0.200. The van der Waals surface area contributed by atoms with E-state index >= 15 is 0 Å². The predicted molar refractivity (Wildman–Crippen MR) is 86.9 cm³/mol. The predicted octanol–water partition coefficient (Wildman–Crippen LogP) is 1.29. The lowest BCUT2D eigenvalue weighted by Crippen LogP contribution is -2.34. The summed E-state index contributed by atoms with van der Waals surface area (Å²) >= 11 is 1.02. The monoisotopic (exact) mass is 333 g/mol. The number of hydrogen-bond acceptors (Lipinski definition) is 5. The fourth-order valence-electron chi connectivity index (χ4n) is 1.93. The maximum Gasteiger partial charge on any atom is 0.305 e. The molecule has 1 aromatic rings. The van der Waals surface area contributed by atoms with Crippen molar-refractivity contribution in [1.82, 2.24) is 10.3 Å². The Morgan fingerprint density at radius 2 is 2.09 bits per heavy atom. The Morgan fingerprint density at radius 1 is 1.39 bits per heavy atom. The second kappa shape index (κ2) is 7.59. The van der Waals surface area contributed by atoms with Gasteiger partial charge in [-0.15, -0.1) is 11.7 Å². The van der Waals surface area contributed by atoms with Crippen molar-refractivity contribution in [2.75, 3.05) is 6.54 Å². The highest BCUT2D eigenvalue weighted by atomic mass is 32.2. The lowest BCUT2D eigenvalue weighted by molar-refractivity contribution is -0.139. The standard InChI is InChI=1S/C15H15N3O4S/c1-2-8-18-14(22)11(9-12(19)20)23-15(18)17-16-13(21)10-6-4-3-5-7-10/h2-7,11H,1,8-9H2,(H,16,21)(H,19,20)/b17-15-. The van der Waals surface area contributed by atoms with Gasteiger partial charge < -0.3 is 5.11 Å². The number of carbonyl (C=O) groups excluding carboxylic acids is 2. The number of thioether (sulfide) groups is 1. The molecule has 1 aliphatic heterocycles.